The van der Waals surface area contributed by atoms with E-state index >= 15 is 0 Å². The summed E-state index contributed by atoms with van der Waals surface area (Å²) in [6, 6.07) is 13.2. The van der Waals surface area contributed by atoms with Gasteiger partial charge in [-0.3, -0.25) is 0 Å². The second-order valence-electron chi connectivity index (χ2n) is 6.02. The summed E-state index contributed by atoms with van der Waals surface area (Å²) < 4.78 is 0. The summed E-state index contributed by atoms with van der Waals surface area (Å²) in [6.07, 6.45) is 3.63. The van der Waals surface area contributed by atoms with Crippen LogP contribution in [-0.2, 0) is 0 Å². The van der Waals surface area contributed by atoms with Crippen LogP contribution >= 0.6 is 0 Å². The number of anilines is 2. The van der Waals surface area contributed by atoms with Gasteiger partial charge in [0, 0.05) is 31.0 Å². The summed E-state index contributed by atoms with van der Waals surface area (Å²) in [6.45, 7) is 0. The minimum atomic E-state index is 0.499. The zero-order valence-corrected chi connectivity index (χ0v) is 12.2. The minimum absolute atomic E-state index is 0.499. The number of rotatable bonds is 5. The van der Waals surface area contributed by atoms with E-state index in [1.54, 1.807) is 0 Å². The van der Waals surface area contributed by atoms with E-state index in [-0.39, 0.29) is 0 Å². The number of nitrogens with one attached hydrogen (secondary N) is 2. The van der Waals surface area contributed by atoms with Gasteiger partial charge in [-0.25, -0.2) is 9.97 Å². The lowest BCUT2D eigenvalue weighted by atomic mass is 10.1. The fourth-order valence-corrected chi connectivity index (χ4v) is 2.81. The maximum atomic E-state index is 4.69. The largest absolute Gasteiger partial charge is 0.373 e. The van der Waals surface area contributed by atoms with Crippen LogP contribution in [0, 0.1) is 0 Å². The van der Waals surface area contributed by atoms with Crippen molar-refractivity contribution in [3.05, 3.63) is 47.8 Å². The molecule has 0 saturated heterocycles. The summed E-state index contributed by atoms with van der Waals surface area (Å²) >= 11 is 0. The van der Waals surface area contributed by atoms with E-state index in [4.69, 9.17) is 0 Å². The van der Waals surface area contributed by atoms with Gasteiger partial charge in [0.2, 0.25) is 0 Å². The third-order valence-electron chi connectivity index (χ3n) is 4.29. The van der Waals surface area contributed by atoms with E-state index in [1.807, 2.05) is 13.1 Å². The highest BCUT2D eigenvalue weighted by Crippen LogP contribution is 2.43. The van der Waals surface area contributed by atoms with Crippen molar-refractivity contribution in [1.29, 1.82) is 0 Å². The van der Waals surface area contributed by atoms with Gasteiger partial charge < -0.3 is 10.6 Å². The number of benzene rings is 1. The third kappa shape index (κ3) is 2.71. The SMILES string of the molecule is CNc1cc(NC2CC2c2ccccc2)nc(C2CC2)n1. The molecule has 2 saturated carbocycles. The monoisotopic (exact) mass is 280 g/mol. The molecule has 2 aliphatic carbocycles. The van der Waals surface area contributed by atoms with E-state index in [9.17, 15) is 0 Å². The van der Waals surface area contributed by atoms with Gasteiger partial charge in [0.15, 0.2) is 0 Å². The average Bonchev–Trinajstić information content (AvgIpc) is 3.42. The summed E-state index contributed by atoms with van der Waals surface area (Å²) in [5.41, 5.74) is 1.42. The Balaban J connectivity index is 1.49. The summed E-state index contributed by atoms with van der Waals surface area (Å²) in [4.78, 5) is 9.25. The molecule has 2 N–H and O–H groups in total. The van der Waals surface area contributed by atoms with Crippen molar-refractivity contribution in [2.75, 3.05) is 17.7 Å². The van der Waals surface area contributed by atoms with Crippen LogP contribution in [0.15, 0.2) is 36.4 Å². The number of hydrogen-bond donors (Lipinski definition) is 2. The molecular formula is C17H20N4. The molecule has 4 rings (SSSR count). The second kappa shape index (κ2) is 5.02. The molecule has 0 aliphatic heterocycles. The van der Waals surface area contributed by atoms with Gasteiger partial charge in [-0.15, -0.1) is 0 Å². The van der Waals surface area contributed by atoms with Crippen molar-refractivity contribution in [3.63, 3.8) is 0 Å². The highest BCUT2D eigenvalue weighted by molar-refractivity contribution is 5.50. The highest BCUT2D eigenvalue weighted by Gasteiger charge is 2.38. The van der Waals surface area contributed by atoms with Crippen LogP contribution in [0.2, 0.25) is 0 Å². The van der Waals surface area contributed by atoms with E-state index in [1.165, 1.54) is 24.8 Å². The Morgan fingerprint density at radius 3 is 2.52 bits per heavy atom. The lowest BCUT2D eigenvalue weighted by Crippen LogP contribution is -2.09. The molecule has 2 atom stereocenters. The Labute approximate surface area is 125 Å². The van der Waals surface area contributed by atoms with Gasteiger partial charge >= 0.3 is 0 Å². The highest BCUT2D eigenvalue weighted by atomic mass is 15.1. The molecule has 21 heavy (non-hydrogen) atoms. The molecule has 2 aromatic rings. The van der Waals surface area contributed by atoms with E-state index in [0.717, 1.165) is 17.5 Å². The summed E-state index contributed by atoms with van der Waals surface area (Å²) in [5.74, 6) is 4.04. The van der Waals surface area contributed by atoms with Gasteiger partial charge in [-0.05, 0) is 24.8 Å². The van der Waals surface area contributed by atoms with E-state index < -0.39 is 0 Å². The van der Waals surface area contributed by atoms with Gasteiger partial charge in [0.25, 0.3) is 0 Å². The molecule has 4 nitrogen and oxygen atoms in total. The smallest absolute Gasteiger partial charge is 0.136 e. The molecule has 2 aliphatic rings. The van der Waals surface area contributed by atoms with Crippen LogP contribution in [0.3, 0.4) is 0 Å². The fourth-order valence-electron chi connectivity index (χ4n) is 2.81. The number of aromatic nitrogens is 2. The van der Waals surface area contributed by atoms with Crippen molar-refractivity contribution in [2.24, 2.45) is 0 Å². The topological polar surface area (TPSA) is 49.8 Å². The Hall–Kier alpha value is -2.10. The Morgan fingerprint density at radius 2 is 1.81 bits per heavy atom. The molecular weight excluding hydrogens is 260 g/mol. The van der Waals surface area contributed by atoms with Crippen molar-refractivity contribution in [3.8, 4) is 0 Å². The molecule has 1 aromatic carbocycles. The van der Waals surface area contributed by atoms with Crippen LogP contribution in [0.1, 0.15) is 42.5 Å². The maximum absolute atomic E-state index is 4.69. The fraction of sp³-hybridized carbons (Fsp3) is 0.412. The van der Waals surface area contributed by atoms with Gasteiger partial charge in [-0.2, -0.15) is 0 Å². The molecule has 4 heteroatoms. The van der Waals surface area contributed by atoms with Crippen LogP contribution in [-0.4, -0.2) is 23.1 Å². The van der Waals surface area contributed by atoms with Gasteiger partial charge in [-0.1, -0.05) is 30.3 Å². The normalized spacial score (nSPS) is 23.7. The molecule has 1 aromatic heterocycles. The zero-order chi connectivity index (χ0) is 14.2. The molecule has 0 bridgehead atoms. The molecule has 2 fully saturated rings. The Bertz CT molecular complexity index is 636. The zero-order valence-electron chi connectivity index (χ0n) is 12.2. The first kappa shape index (κ1) is 12.6. The second-order valence-corrected chi connectivity index (χ2v) is 6.02. The predicted octanol–water partition coefficient (Wildman–Crippen LogP) is 3.36. The first-order valence-corrected chi connectivity index (χ1v) is 7.71. The van der Waals surface area contributed by atoms with Gasteiger partial charge in [0.1, 0.15) is 17.5 Å². The number of hydrogen-bond acceptors (Lipinski definition) is 4. The van der Waals surface area contributed by atoms with Crippen molar-refractivity contribution in [1.82, 2.24) is 9.97 Å². The molecule has 0 spiro atoms. The van der Waals surface area contributed by atoms with Crippen LogP contribution in [0.4, 0.5) is 11.6 Å². The van der Waals surface area contributed by atoms with E-state index in [0.29, 0.717) is 17.9 Å². The molecule has 0 amide bonds. The van der Waals surface area contributed by atoms with Crippen LogP contribution < -0.4 is 10.6 Å². The van der Waals surface area contributed by atoms with E-state index in [2.05, 4.69) is 50.9 Å². The lowest BCUT2D eigenvalue weighted by molar-refractivity contribution is 0.918. The molecule has 0 radical (unpaired) electrons. The van der Waals surface area contributed by atoms with Crippen molar-refractivity contribution in [2.45, 2.75) is 37.1 Å². The number of nitrogens with zero attached hydrogens (tertiary/aromatic N) is 2. The maximum Gasteiger partial charge on any atom is 0.136 e. The first-order chi connectivity index (χ1) is 10.3. The van der Waals surface area contributed by atoms with Crippen molar-refractivity contribution >= 4 is 11.6 Å². The first-order valence-electron chi connectivity index (χ1n) is 7.71. The Morgan fingerprint density at radius 1 is 1.05 bits per heavy atom. The Kier molecular flexibility index (Phi) is 3.02. The van der Waals surface area contributed by atoms with Crippen LogP contribution in [0.25, 0.3) is 0 Å². The summed E-state index contributed by atoms with van der Waals surface area (Å²) in [5, 5.41) is 6.71. The molecule has 108 valence electrons. The summed E-state index contributed by atoms with van der Waals surface area (Å²) in [7, 11) is 1.91. The quantitative estimate of drug-likeness (QED) is 0.881. The average molecular weight is 280 g/mol. The molecule has 2 unspecified atom stereocenters. The van der Waals surface area contributed by atoms with Crippen molar-refractivity contribution < 1.29 is 0 Å². The minimum Gasteiger partial charge on any atom is -0.373 e. The predicted molar refractivity (Wildman–Crippen MR) is 84.8 cm³/mol. The molecule has 1 heterocycles. The third-order valence-corrected chi connectivity index (χ3v) is 4.29. The van der Waals surface area contributed by atoms with Crippen LogP contribution in [0.5, 0.6) is 0 Å². The standard InChI is InChI=1S/C17H20N4/c1-18-15-10-16(21-17(20-15)12-7-8-12)19-14-9-13(14)11-5-3-2-4-6-11/h2-6,10,12-14H,7-9H2,1H3,(H2,18,19,20,21). The lowest BCUT2D eigenvalue weighted by Gasteiger charge is -2.09. The van der Waals surface area contributed by atoms with Gasteiger partial charge in [0.05, 0.1) is 0 Å².